The summed E-state index contributed by atoms with van der Waals surface area (Å²) in [6.07, 6.45) is 0. The highest BCUT2D eigenvalue weighted by Crippen LogP contribution is 2.17. The van der Waals surface area contributed by atoms with Gasteiger partial charge >= 0.3 is 0 Å². The lowest BCUT2D eigenvalue weighted by molar-refractivity contribution is -0.133. The summed E-state index contributed by atoms with van der Waals surface area (Å²) in [5.74, 6) is -0.602. The minimum atomic E-state index is -0.583. The summed E-state index contributed by atoms with van der Waals surface area (Å²) in [5.41, 5.74) is 1.48. The number of nitrogens with one attached hydrogen (secondary N) is 1. The maximum atomic E-state index is 13.0. The predicted octanol–water partition coefficient (Wildman–Crippen LogP) is 2.29. The van der Waals surface area contributed by atoms with Gasteiger partial charge in [-0.05, 0) is 43.3 Å². The van der Waals surface area contributed by atoms with Gasteiger partial charge < -0.3 is 15.1 Å². The molecule has 136 valence electrons. The number of hydrogen-bond acceptors (Lipinski definition) is 3. The van der Waals surface area contributed by atoms with E-state index in [-0.39, 0.29) is 17.6 Å². The van der Waals surface area contributed by atoms with Gasteiger partial charge in [0.25, 0.3) is 5.91 Å². The molecule has 1 N–H and O–H groups in total. The molecule has 5 nitrogen and oxygen atoms in total. The number of carbonyl (C=O) groups excluding carboxylic acids is 2. The van der Waals surface area contributed by atoms with Crippen LogP contribution in [0.1, 0.15) is 17.3 Å². The van der Waals surface area contributed by atoms with Crippen LogP contribution in [0.3, 0.4) is 0 Å². The summed E-state index contributed by atoms with van der Waals surface area (Å²) in [6, 6.07) is 14.6. The first-order valence-corrected chi connectivity index (χ1v) is 8.70. The molecule has 0 bridgehead atoms. The summed E-state index contributed by atoms with van der Waals surface area (Å²) in [4.78, 5) is 28.7. The van der Waals surface area contributed by atoms with E-state index >= 15 is 0 Å². The number of anilines is 1. The van der Waals surface area contributed by atoms with Crippen molar-refractivity contribution in [3.63, 3.8) is 0 Å². The van der Waals surface area contributed by atoms with Crippen LogP contribution in [0, 0.1) is 5.82 Å². The average Bonchev–Trinajstić information content (AvgIpc) is 2.69. The summed E-state index contributed by atoms with van der Waals surface area (Å²) in [6.45, 7) is 4.20. The molecule has 0 aliphatic carbocycles. The normalized spacial score (nSPS) is 15.5. The van der Waals surface area contributed by atoms with Crippen LogP contribution in [0.25, 0.3) is 0 Å². The number of halogens is 1. The molecule has 1 saturated heterocycles. The quantitative estimate of drug-likeness (QED) is 0.916. The van der Waals surface area contributed by atoms with Crippen LogP contribution < -0.4 is 10.2 Å². The fourth-order valence-corrected chi connectivity index (χ4v) is 3.04. The van der Waals surface area contributed by atoms with Crippen molar-refractivity contribution in [3.05, 3.63) is 66.0 Å². The van der Waals surface area contributed by atoms with Crippen molar-refractivity contribution in [2.45, 2.75) is 13.0 Å². The third kappa shape index (κ3) is 4.20. The summed E-state index contributed by atoms with van der Waals surface area (Å²) < 4.78 is 13.0. The van der Waals surface area contributed by atoms with E-state index in [0.717, 1.165) is 5.69 Å². The van der Waals surface area contributed by atoms with Gasteiger partial charge in [-0.1, -0.05) is 18.2 Å². The Balaban J connectivity index is 1.53. The van der Waals surface area contributed by atoms with Gasteiger partial charge in [0.05, 0.1) is 0 Å². The van der Waals surface area contributed by atoms with Gasteiger partial charge in [-0.2, -0.15) is 0 Å². The Morgan fingerprint density at radius 3 is 2.19 bits per heavy atom. The second-order valence-corrected chi connectivity index (χ2v) is 6.35. The minimum absolute atomic E-state index is 0.0898. The van der Waals surface area contributed by atoms with E-state index in [1.165, 1.54) is 12.1 Å². The van der Waals surface area contributed by atoms with E-state index < -0.39 is 6.04 Å². The first-order valence-electron chi connectivity index (χ1n) is 8.70. The SMILES string of the molecule is C[C@H](NC(=O)c1ccccc1)C(=O)N1CCN(c2ccc(F)cc2)CC1. The van der Waals surface area contributed by atoms with Crippen molar-refractivity contribution in [1.29, 1.82) is 0 Å². The van der Waals surface area contributed by atoms with Crippen molar-refractivity contribution in [3.8, 4) is 0 Å². The van der Waals surface area contributed by atoms with Gasteiger partial charge in [-0.25, -0.2) is 4.39 Å². The van der Waals surface area contributed by atoms with Gasteiger partial charge in [0, 0.05) is 37.4 Å². The molecule has 2 aromatic rings. The molecule has 2 amide bonds. The fourth-order valence-electron chi connectivity index (χ4n) is 3.04. The highest BCUT2D eigenvalue weighted by Gasteiger charge is 2.26. The van der Waals surface area contributed by atoms with E-state index in [1.54, 1.807) is 48.2 Å². The Labute approximate surface area is 152 Å². The molecule has 6 heteroatoms. The minimum Gasteiger partial charge on any atom is -0.368 e. The molecule has 1 atom stereocenters. The van der Waals surface area contributed by atoms with Gasteiger partial charge in [-0.3, -0.25) is 9.59 Å². The van der Waals surface area contributed by atoms with Crippen LogP contribution in [-0.2, 0) is 4.79 Å². The van der Waals surface area contributed by atoms with Crippen molar-refractivity contribution in [2.24, 2.45) is 0 Å². The van der Waals surface area contributed by atoms with E-state index in [4.69, 9.17) is 0 Å². The van der Waals surface area contributed by atoms with Gasteiger partial charge in [0.2, 0.25) is 5.91 Å². The molecule has 0 spiro atoms. The maximum Gasteiger partial charge on any atom is 0.251 e. The molecule has 1 fully saturated rings. The van der Waals surface area contributed by atoms with E-state index in [1.807, 2.05) is 6.07 Å². The first-order chi connectivity index (χ1) is 12.5. The van der Waals surface area contributed by atoms with Crippen LogP contribution in [0.15, 0.2) is 54.6 Å². The second kappa shape index (κ2) is 7.99. The summed E-state index contributed by atoms with van der Waals surface area (Å²) in [5, 5.41) is 2.76. The van der Waals surface area contributed by atoms with E-state index in [9.17, 15) is 14.0 Å². The van der Waals surface area contributed by atoms with E-state index in [2.05, 4.69) is 10.2 Å². The number of amides is 2. The Morgan fingerprint density at radius 2 is 1.58 bits per heavy atom. The zero-order valence-electron chi connectivity index (χ0n) is 14.7. The lowest BCUT2D eigenvalue weighted by Gasteiger charge is -2.37. The lowest BCUT2D eigenvalue weighted by atomic mass is 10.2. The monoisotopic (exact) mass is 355 g/mol. The Bertz CT molecular complexity index is 756. The van der Waals surface area contributed by atoms with Crippen molar-refractivity contribution < 1.29 is 14.0 Å². The Morgan fingerprint density at radius 1 is 0.962 bits per heavy atom. The molecule has 1 heterocycles. The van der Waals surface area contributed by atoms with Crippen LogP contribution in [0.2, 0.25) is 0 Å². The molecule has 0 aromatic heterocycles. The molecule has 26 heavy (non-hydrogen) atoms. The standard InChI is InChI=1S/C20H22FN3O2/c1-15(22-19(25)16-5-3-2-4-6-16)20(26)24-13-11-23(12-14-24)18-9-7-17(21)8-10-18/h2-10,15H,11-14H2,1H3,(H,22,25)/t15-/m0/s1. The van der Waals surface area contributed by atoms with Gasteiger partial charge in [-0.15, -0.1) is 0 Å². The number of rotatable bonds is 4. The molecule has 2 aromatic carbocycles. The summed E-state index contributed by atoms with van der Waals surface area (Å²) >= 11 is 0. The third-order valence-electron chi connectivity index (χ3n) is 4.54. The zero-order chi connectivity index (χ0) is 18.5. The molecular weight excluding hydrogens is 333 g/mol. The van der Waals surface area contributed by atoms with Crippen LogP contribution >= 0.6 is 0 Å². The topological polar surface area (TPSA) is 52.7 Å². The molecule has 3 rings (SSSR count). The predicted molar refractivity (Wildman–Crippen MR) is 98.6 cm³/mol. The van der Waals surface area contributed by atoms with Gasteiger partial charge in [0.1, 0.15) is 11.9 Å². The number of nitrogens with zero attached hydrogens (tertiary/aromatic N) is 2. The molecule has 0 saturated carbocycles. The van der Waals surface area contributed by atoms with E-state index in [0.29, 0.717) is 31.7 Å². The molecule has 0 radical (unpaired) electrons. The molecule has 0 unspecified atom stereocenters. The average molecular weight is 355 g/mol. The molecule has 1 aliphatic heterocycles. The zero-order valence-corrected chi connectivity index (χ0v) is 14.7. The Kier molecular flexibility index (Phi) is 5.51. The summed E-state index contributed by atoms with van der Waals surface area (Å²) in [7, 11) is 0. The van der Waals surface area contributed by atoms with Crippen molar-refractivity contribution in [1.82, 2.24) is 10.2 Å². The van der Waals surface area contributed by atoms with Crippen LogP contribution in [0.5, 0.6) is 0 Å². The number of hydrogen-bond donors (Lipinski definition) is 1. The Hall–Kier alpha value is -2.89. The maximum absolute atomic E-state index is 13.0. The number of carbonyl (C=O) groups is 2. The van der Waals surface area contributed by atoms with Crippen LogP contribution in [0.4, 0.5) is 10.1 Å². The largest absolute Gasteiger partial charge is 0.368 e. The second-order valence-electron chi connectivity index (χ2n) is 6.35. The van der Waals surface area contributed by atoms with Crippen molar-refractivity contribution in [2.75, 3.05) is 31.1 Å². The van der Waals surface area contributed by atoms with Gasteiger partial charge in [0.15, 0.2) is 0 Å². The van der Waals surface area contributed by atoms with Crippen LogP contribution in [-0.4, -0.2) is 48.9 Å². The number of piperazine rings is 1. The number of benzene rings is 2. The highest BCUT2D eigenvalue weighted by atomic mass is 19.1. The fraction of sp³-hybridized carbons (Fsp3) is 0.300. The highest BCUT2D eigenvalue weighted by molar-refractivity contribution is 5.97. The first kappa shape index (κ1) is 17.9. The smallest absolute Gasteiger partial charge is 0.251 e. The molecular formula is C20H22FN3O2. The van der Waals surface area contributed by atoms with Crippen molar-refractivity contribution >= 4 is 17.5 Å². The molecule has 1 aliphatic rings. The lowest BCUT2D eigenvalue weighted by Crippen LogP contribution is -2.54. The third-order valence-corrected chi connectivity index (χ3v) is 4.54.